The highest BCUT2D eigenvalue weighted by molar-refractivity contribution is 5.88. The topological polar surface area (TPSA) is 45.3 Å². The normalized spacial score (nSPS) is 16.4. The van der Waals surface area contributed by atoms with Crippen molar-refractivity contribution in [2.45, 2.75) is 25.3 Å². The second-order valence-corrected chi connectivity index (χ2v) is 5.38. The van der Waals surface area contributed by atoms with Gasteiger partial charge in [-0.15, -0.1) is 0 Å². The molecule has 106 valence electrons. The molecule has 3 rings (SSSR count). The number of H-pyrrole nitrogens is 1. The number of para-hydroxylation sites is 1. The Morgan fingerprint density at radius 3 is 2.90 bits per heavy atom. The number of carbonyl (C=O) groups is 1. The van der Waals surface area contributed by atoms with Crippen LogP contribution in [0.25, 0.3) is 10.9 Å². The van der Waals surface area contributed by atoms with E-state index in [2.05, 4.69) is 11.1 Å². The number of nitrogens with one attached hydrogen (secondary N) is 1. The van der Waals surface area contributed by atoms with Crippen LogP contribution in [0.2, 0.25) is 0 Å². The van der Waals surface area contributed by atoms with E-state index in [4.69, 9.17) is 4.74 Å². The van der Waals surface area contributed by atoms with Gasteiger partial charge in [0, 0.05) is 43.4 Å². The summed E-state index contributed by atoms with van der Waals surface area (Å²) in [5, 5.41) is 1.14. The zero-order valence-electron chi connectivity index (χ0n) is 11.8. The van der Waals surface area contributed by atoms with Crippen molar-refractivity contribution in [3.63, 3.8) is 0 Å². The Morgan fingerprint density at radius 1 is 1.35 bits per heavy atom. The molecule has 1 aliphatic heterocycles. The highest BCUT2D eigenvalue weighted by Crippen LogP contribution is 2.20. The Bertz CT molecular complexity index is 599. The smallest absolute Gasteiger partial charge is 0.227 e. The van der Waals surface area contributed by atoms with Crippen LogP contribution in [0.3, 0.4) is 0 Å². The van der Waals surface area contributed by atoms with Crippen LogP contribution in [0.4, 0.5) is 0 Å². The van der Waals surface area contributed by atoms with Gasteiger partial charge in [-0.2, -0.15) is 0 Å². The first kappa shape index (κ1) is 13.2. The molecule has 1 aromatic heterocycles. The second kappa shape index (κ2) is 5.67. The van der Waals surface area contributed by atoms with Crippen LogP contribution in [-0.2, 0) is 16.0 Å². The third-order valence-corrected chi connectivity index (χ3v) is 4.15. The average Bonchev–Trinajstić information content (AvgIpc) is 2.91. The van der Waals surface area contributed by atoms with E-state index in [1.165, 1.54) is 0 Å². The lowest BCUT2D eigenvalue weighted by atomic mass is 10.1. The van der Waals surface area contributed by atoms with Crippen LogP contribution in [-0.4, -0.2) is 42.1 Å². The summed E-state index contributed by atoms with van der Waals surface area (Å²) in [4.78, 5) is 17.5. The number of aromatic nitrogens is 1. The molecule has 0 bridgehead atoms. The summed E-state index contributed by atoms with van der Waals surface area (Å²) in [7, 11) is 1.91. The molecule has 1 N–H and O–H groups in total. The Labute approximate surface area is 118 Å². The molecule has 0 unspecified atom stereocenters. The van der Waals surface area contributed by atoms with E-state index < -0.39 is 0 Å². The fourth-order valence-electron chi connectivity index (χ4n) is 2.84. The van der Waals surface area contributed by atoms with E-state index in [1.54, 1.807) is 0 Å². The molecule has 1 saturated heterocycles. The van der Waals surface area contributed by atoms with Crippen LogP contribution in [0, 0.1) is 0 Å². The molecule has 1 aromatic carbocycles. The van der Waals surface area contributed by atoms with Crippen LogP contribution in [0.5, 0.6) is 0 Å². The molecule has 1 amide bonds. The van der Waals surface area contributed by atoms with Gasteiger partial charge in [-0.05, 0) is 24.5 Å². The standard InChI is InChI=1S/C16H20N2O2/c1-18(13-6-8-20-9-7-13)16(19)10-12-11-17-15-5-3-2-4-14(12)15/h2-5,11,13,17H,6-10H2,1H3. The maximum Gasteiger partial charge on any atom is 0.227 e. The maximum atomic E-state index is 12.4. The Kier molecular flexibility index (Phi) is 3.74. The third kappa shape index (κ3) is 2.56. The first-order valence-corrected chi connectivity index (χ1v) is 7.14. The molecule has 0 spiro atoms. The van der Waals surface area contributed by atoms with Crippen molar-refractivity contribution < 1.29 is 9.53 Å². The molecule has 1 aliphatic rings. The van der Waals surface area contributed by atoms with Crippen LogP contribution in [0.15, 0.2) is 30.5 Å². The van der Waals surface area contributed by atoms with Gasteiger partial charge in [0.1, 0.15) is 0 Å². The summed E-state index contributed by atoms with van der Waals surface area (Å²) in [6, 6.07) is 8.42. The molecule has 2 heterocycles. The summed E-state index contributed by atoms with van der Waals surface area (Å²) >= 11 is 0. The predicted octanol–water partition coefficient (Wildman–Crippen LogP) is 2.35. The molecule has 2 aromatic rings. The fraction of sp³-hybridized carbons (Fsp3) is 0.438. The van der Waals surface area contributed by atoms with E-state index in [1.807, 2.05) is 36.3 Å². The molecule has 0 saturated carbocycles. The number of fused-ring (bicyclic) bond motifs is 1. The number of rotatable bonds is 3. The summed E-state index contributed by atoms with van der Waals surface area (Å²) in [6.45, 7) is 1.52. The zero-order valence-corrected chi connectivity index (χ0v) is 11.8. The summed E-state index contributed by atoms with van der Waals surface area (Å²) in [6.07, 6.45) is 4.28. The molecule has 1 fully saturated rings. The number of nitrogens with zero attached hydrogens (tertiary/aromatic N) is 1. The van der Waals surface area contributed by atoms with Crippen LogP contribution in [0.1, 0.15) is 18.4 Å². The van der Waals surface area contributed by atoms with Crippen molar-refractivity contribution >= 4 is 16.8 Å². The maximum absolute atomic E-state index is 12.4. The molecule has 4 nitrogen and oxygen atoms in total. The number of benzene rings is 1. The lowest BCUT2D eigenvalue weighted by molar-refractivity contribution is -0.132. The number of hydrogen-bond acceptors (Lipinski definition) is 2. The van der Waals surface area contributed by atoms with E-state index in [-0.39, 0.29) is 5.91 Å². The van der Waals surface area contributed by atoms with Gasteiger partial charge in [0.05, 0.1) is 6.42 Å². The second-order valence-electron chi connectivity index (χ2n) is 5.38. The van der Waals surface area contributed by atoms with E-state index in [9.17, 15) is 4.79 Å². The summed E-state index contributed by atoms with van der Waals surface area (Å²) in [5.74, 6) is 0.182. The van der Waals surface area contributed by atoms with E-state index in [0.29, 0.717) is 12.5 Å². The van der Waals surface area contributed by atoms with Crippen molar-refractivity contribution in [1.82, 2.24) is 9.88 Å². The number of hydrogen-bond donors (Lipinski definition) is 1. The van der Waals surface area contributed by atoms with Gasteiger partial charge < -0.3 is 14.6 Å². The molecule has 0 radical (unpaired) electrons. The lowest BCUT2D eigenvalue weighted by Gasteiger charge is -2.31. The van der Waals surface area contributed by atoms with Crippen molar-refractivity contribution in [3.05, 3.63) is 36.0 Å². The first-order chi connectivity index (χ1) is 9.75. The predicted molar refractivity (Wildman–Crippen MR) is 78.6 cm³/mol. The fourth-order valence-corrected chi connectivity index (χ4v) is 2.84. The molecular formula is C16H20N2O2. The minimum absolute atomic E-state index is 0.182. The van der Waals surface area contributed by atoms with Crippen molar-refractivity contribution in [2.75, 3.05) is 20.3 Å². The SMILES string of the molecule is CN(C(=O)Cc1c[nH]c2ccccc12)C1CCOCC1. The van der Waals surface area contributed by atoms with E-state index >= 15 is 0 Å². The van der Waals surface area contributed by atoms with Crippen LogP contribution < -0.4 is 0 Å². The summed E-state index contributed by atoms with van der Waals surface area (Å²) < 4.78 is 5.35. The third-order valence-electron chi connectivity index (χ3n) is 4.15. The largest absolute Gasteiger partial charge is 0.381 e. The Balaban J connectivity index is 1.71. The van der Waals surface area contributed by atoms with Crippen molar-refractivity contribution in [2.24, 2.45) is 0 Å². The zero-order chi connectivity index (χ0) is 13.9. The van der Waals surface area contributed by atoms with Gasteiger partial charge in [0.2, 0.25) is 5.91 Å². The molecule has 0 aliphatic carbocycles. The highest BCUT2D eigenvalue weighted by atomic mass is 16.5. The first-order valence-electron chi connectivity index (χ1n) is 7.14. The average molecular weight is 272 g/mol. The number of ether oxygens (including phenoxy) is 1. The van der Waals surface area contributed by atoms with E-state index in [0.717, 1.165) is 42.5 Å². The van der Waals surface area contributed by atoms with Crippen molar-refractivity contribution in [3.8, 4) is 0 Å². The lowest BCUT2D eigenvalue weighted by Crippen LogP contribution is -2.41. The Hall–Kier alpha value is -1.81. The van der Waals surface area contributed by atoms with Gasteiger partial charge in [-0.1, -0.05) is 18.2 Å². The monoisotopic (exact) mass is 272 g/mol. The van der Waals surface area contributed by atoms with Crippen molar-refractivity contribution in [1.29, 1.82) is 0 Å². The number of aromatic amines is 1. The van der Waals surface area contributed by atoms with Gasteiger partial charge in [-0.3, -0.25) is 4.79 Å². The van der Waals surface area contributed by atoms with Crippen LogP contribution >= 0.6 is 0 Å². The molecule has 20 heavy (non-hydrogen) atoms. The number of carbonyl (C=O) groups excluding carboxylic acids is 1. The highest BCUT2D eigenvalue weighted by Gasteiger charge is 2.22. The van der Waals surface area contributed by atoms with Gasteiger partial charge in [0.25, 0.3) is 0 Å². The summed E-state index contributed by atoms with van der Waals surface area (Å²) in [5.41, 5.74) is 2.16. The number of likely N-dealkylation sites (N-methyl/N-ethyl adjacent to an activating group) is 1. The van der Waals surface area contributed by atoms with Gasteiger partial charge in [0.15, 0.2) is 0 Å². The quantitative estimate of drug-likeness (QED) is 0.932. The molecular weight excluding hydrogens is 252 g/mol. The molecule has 0 atom stereocenters. The molecule has 4 heteroatoms. The number of amides is 1. The Morgan fingerprint density at radius 2 is 2.10 bits per heavy atom. The van der Waals surface area contributed by atoms with Gasteiger partial charge in [-0.25, -0.2) is 0 Å². The minimum atomic E-state index is 0.182. The van der Waals surface area contributed by atoms with Gasteiger partial charge >= 0.3 is 0 Å². The minimum Gasteiger partial charge on any atom is -0.381 e.